The molecule has 0 spiro atoms. The van der Waals surface area contributed by atoms with Crippen molar-refractivity contribution in [1.82, 2.24) is 5.32 Å². The third-order valence-electron chi connectivity index (χ3n) is 2.63. The van der Waals surface area contributed by atoms with Gasteiger partial charge < -0.3 is 10.1 Å². The predicted molar refractivity (Wildman–Crippen MR) is 74.1 cm³/mol. The molecule has 0 atom stereocenters. The summed E-state index contributed by atoms with van der Waals surface area (Å²) in [5.74, 6) is 0.921. The summed E-state index contributed by atoms with van der Waals surface area (Å²) < 4.78 is 5.68. The van der Waals surface area contributed by atoms with E-state index in [1.165, 1.54) is 19.3 Å². The van der Waals surface area contributed by atoms with E-state index in [-0.39, 0.29) is 0 Å². The van der Waals surface area contributed by atoms with Crippen LogP contribution in [0.3, 0.4) is 0 Å². The normalized spacial score (nSPS) is 10.5. The number of hydrogen-bond donors (Lipinski definition) is 1. The highest BCUT2D eigenvalue weighted by molar-refractivity contribution is 6.30. The van der Waals surface area contributed by atoms with Crippen LogP contribution in [-0.4, -0.2) is 19.7 Å². The maximum atomic E-state index is 5.88. The van der Waals surface area contributed by atoms with E-state index >= 15 is 0 Å². The van der Waals surface area contributed by atoms with E-state index in [1.807, 2.05) is 25.1 Å². The molecule has 0 aromatic heterocycles. The Morgan fingerprint density at radius 1 is 1.24 bits per heavy atom. The van der Waals surface area contributed by atoms with Crippen LogP contribution >= 0.6 is 11.6 Å². The number of ether oxygens (including phenoxy) is 1. The van der Waals surface area contributed by atoms with Crippen molar-refractivity contribution < 1.29 is 4.74 Å². The Labute approximate surface area is 109 Å². The lowest BCUT2D eigenvalue weighted by atomic mass is 10.2. The third kappa shape index (κ3) is 5.94. The van der Waals surface area contributed by atoms with E-state index in [0.29, 0.717) is 6.61 Å². The van der Waals surface area contributed by atoms with E-state index in [0.717, 1.165) is 29.4 Å². The minimum Gasteiger partial charge on any atom is -0.492 e. The van der Waals surface area contributed by atoms with Crippen LogP contribution in [0.5, 0.6) is 5.75 Å². The van der Waals surface area contributed by atoms with Gasteiger partial charge >= 0.3 is 0 Å². The molecule has 0 saturated carbocycles. The third-order valence-corrected chi connectivity index (χ3v) is 2.87. The van der Waals surface area contributed by atoms with Gasteiger partial charge in [-0.25, -0.2) is 0 Å². The van der Waals surface area contributed by atoms with E-state index in [2.05, 4.69) is 12.2 Å². The highest BCUT2D eigenvalue weighted by Gasteiger charge is 1.99. The Bertz CT molecular complexity index is 328. The second kappa shape index (κ2) is 8.37. The van der Waals surface area contributed by atoms with Crippen molar-refractivity contribution in [2.75, 3.05) is 19.7 Å². The molecule has 1 aromatic rings. The average molecular weight is 256 g/mol. The molecule has 0 radical (unpaired) electrons. The minimum atomic E-state index is 0.703. The van der Waals surface area contributed by atoms with Gasteiger partial charge in [0.2, 0.25) is 0 Å². The summed E-state index contributed by atoms with van der Waals surface area (Å²) in [7, 11) is 0. The van der Waals surface area contributed by atoms with Crippen molar-refractivity contribution in [1.29, 1.82) is 0 Å². The first-order valence-corrected chi connectivity index (χ1v) is 6.71. The quantitative estimate of drug-likeness (QED) is 0.714. The lowest BCUT2D eigenvalue weighted by Crippen LogP contribution is -2.22. The molecule has 0 unspecified atom stereocenters. The molecule has 0 aliphatic heterocycles. The smallest absolute Gasteiger partial charge is 0.122 e. The van der Waals surface area contributed by atoms with Gasteiger partial charge in [0.05, 0.1) is 0 Å². The maximum absolute atomic E-state index is 5.88. The molecule has 96 valence electrons. The van der Waals surface area contributed by atoms with Crippen molar-refractivity contribution in [3.63, 3.8) is 0 Å². The molecule has 2 nitrogen and oxygen atoms in total. The van der Waals surface area contributed by atoms with Crippen LogP contribution in [0.15, 0.2) is 18.2 Å². The lowest BCUT2D eigenvalue weighted by molar-refractivity contribution is 0.311. The molecule has 0 aliphatic rings. The first-order chi connectivity index (χ1) is 8.24. The van der Waals surface area contributed by atoms with Crippen LogP contribution < -0.4 is 10.1 Å². The highest BCUT2D eigenvalue weighted by Crippen LogP contribution is 2.21. The molecule has 0 bridgehead atoms. The molecule has 3 heteroatoms. The topological polar surface area (TPSA) is 21.3 Å². The number of unbranched alkanes of at least 4 members (excludes halogenated alkanes) is 2. The Morgan fingerprint density at radius 3 is 2.76 bits per heavy atom. The summed E-state index contributed by atoms with van der Waals surface area (Å²) in [5, 5.41) is 4.13. The molecule has 0 aliphatic carbocycles. The van der Waals surface area contributed by atoms with Gasteiger partial charge in [0.25, 0.3) is 0 Å². The summed E-state index contributed by atoms with van der Waals surface area (Å²) in [5.41, 5.74) is 1.09. The van der Waals surface area contributed by atoms with Crippen LogP contribution in [0.1, 0.15) is 31.7 Å². The zero-order chi connectivity index (χ0) is 12.5. The summed E-state index contributed by atoms with van der Waals surface area (Å²) in [4.78, 5) is 0. The summed E-state index contributed by atoms with van der Waals surface area (Å²) in [6, 6.07) is 5.71. The van der Waals surface area contributed by atoms with Crippen LogP contribution in [0, 0.1) is 6.92 Å². The second-order valence-electron chi connectivity index (χ2n) is 4.22. The zero-order valence-electron chi connectivity index (χ0n) is 10.8. The Morgan fingerprint density at radius 2 is 2.06 bits per heavy atom. The van der Waals surface area contributed by atoms with Gasteiger partial charge in [0.1, 0.15) is 12.4 Å². The van der Waals surface area contributed by atoms with Gasteiger partial charge in [-0.3, -0.25) is 0 Å². The monoisotopic (exact) mass is 255 g/mol. The predicted octanol–water partition coefficient (Wildman–Crippen LogP) is 3.81. The Balaban J connectivity index is 2.14. The van der Waals surface area contributed by atoms with Crippen molar-refractivity contribution in [3.8, 4) is 5.75 Å². The number of benzene rings is 1. The molecule has 0 amide bonds. The summed E-state index contributed by atoms with van der Waals surface area (Å²) in [6.45, 7) is 6.90. The molecule has 0 fully saturated rings. The fourth-order valence-corrected chi connectivity index (χ4v) is 1.86. The molecule has 17 heavy (non-hydrogen) atoms. The fourth-order valence-electron chi connectivity index (χ4n) is 1.63. The first kappa shape index (κ1) is 14.3. The lowest BCUT2D eigenvalue weighted by Gasteiger charge is -2.10. The molecule has 1 aromatic carbocycles. The van der Waals surface area contributed by atoms with Crippen molar-refractivity contribution in [2.45, 2.75) is 33.1 Å². The average Bonchev–Trinajstić information content (AvgIpc) is 2.30. The molecular weight excluding hydrogens is 234 g/mol. The van der Waals surface area contributed by atoms with Crippen LogP contribution in [-0.2, 0) is 0 Å². The summed E-state index contributed by atoms with van der Waals surface area (Å²) in [6.07, 6.45) is 3.81. The van der Waals surface area contributed by atoms with Gasteiger partial charge in [-0.05, 0) is 43.7 Å². The van der Waals surface area contributed by atoms with Gasteiger partial charge in [-0.1, -0.05) is 31.4 Å². The molecule has 1 rings (SSSR count). The zero-order valence-corrected chi connectivity index (χ0v) is 11.5. The van der Waals surface area contributed by atoms with Crippen LogP contribution in [0.25, 0.3) is 0 Å². The number of aryl methyl sites for hydroxylation is 1. The van der Waals surface area contributed by atoms with Crippen LogP contribution in [0.4, 0.5) is 0 Å². The van der Waals surface area contributed by atoms with Gasteiger partial charge in [-0.2, -0.15) is 0 Å². The van der Waals surface area contributed by atoms with E-state index in [9.17, 15) is 0 Å². The van der Waals surface area contributed by atoms with Crippen molar-refractivity contribution >= 4 is 11.6 Å². The van der Waals surface area contributed by atoms with E-state index in [4.69, 9.17) is 16.3 Å². The van der Waals surface area contributed by atoms with Gasteiger partial charge in [0, 0.05) is 11.6 Å². The molecular formula is C14H22ClNO. The van der Waals surface area contributed by atoms with Crippen LogP contribution in [0.2, 0.25) is 5.02 Å². The number of nitrogens with one attached hydrogen (secondary N) is 1. The standard InChI is InChI=1S/C14H22ClNO/c1-3-4-5-8-16-9-10-17-14-7-6-13(15)11-12(14)2/h6-7,11,16H,3-5,8-10H2,1-2H3. The number of rotatable bonds is 8. The number of halogens is 1. The first-order valence-electron chi connectivity index (χ1n) is 6.33. The molecule has 1 N–H and O–H groups in total. The SMILES string of the molecule is CCCCCNCCOc1ccc(Cl)cc1C. The minimum absolute atomic E-state index is 0.703. The molecule has 0 heterocycles. The largest absolute Gasteiger partial charge is 0.492 e. The Kier molecular flexibility index (Phi) is 7.06. The second-order valence-corrected chi connectivity index (χ2v) is 4.65. The summed E-state index contributed by atoms with van der Waals surface area (Å²) >= 11 is 5.88. The Hall–Kier alpha value is -0.730. The van der Waals surface area contributed by atoms with E-state index in [1.54, 1.807) is 0 Å². The fraction of sp³-hybridized carbons (Fsp3) is 0.571. The van der Waals surface area contributed by atoms with Crippen molar-refractivity contribution in [2.24, 2.45) is 0 Å². The highest BCUT2D eigenvalue weighted by atomic mass is 35.5. The maximum Gasteiger partial charge on any atom is 0.122 e. The van der Waals surface area contributed by atoms with Gasteiger partial charge in [-0.15, -0.1) is 0 Å². The molecule has 0 saturated heterocycles. The van der Waals surface area contributed by atoms with Crippen molar-refractivity contribution in [3.05, 3.63) is 28.8 Å². The van der Waals surface area contributed by atoms with Gasteiger partial charge in [0.15, 0.2) is 0 Å². The number of hydrogen-bond acceptors (Lipinski definition) is 2. The van der Waals surface area contributed by atoms with E-state index < -0.39 is 0 Å².